The van der Waals surface area contributed by atoms with Crippen molar-refractivity contribution < 1.29 is 14.7 Å². The summed E-state index contributed by atoms with van der Waals surface area (Å²) in [6.45, 7) is 5.59. The van der Waals surface area contributed by atoms with Crippen LogP contribution in [0.5, 0.6) is 0 Å². The highest BCUT2D eigenvalue weighted by molar-refractivity contribution is 8.00. The van der Waals surface area contributed by atoms with Crippen LogP contribution in [0.2, 0.25) is 0 Å². The van der Waals surface area contributed by atoms with Crippen molar-refractivity contribution in [1.82, 2.24) is 10.2 Å². The lowest BCUT2D eigenvalue weighted by Gasteiger charge is -2.39. The van der Waals surface area contributed by atoms with Gasteiger partial charge in [0.2, 0.25) is 0 Å². The standard InChI is InChI=1S/C14H24N2O3S/c1-10-8-16(9-11(2)20-10)13(19)15-14(12(17)18)6-4-3-5-7-14/h10-11H,3-9H2,1-2H3,(H,15,19)(H,17,18). The van der Waals surface area contributed by atoms with Gasteiger partial charge in [-0.15, -0.1) is 0 Å². The van der Waals surface area contributed by atoms with E-state index in [0.29, 0.717) is 36.4 Å². The van der Waals surface area contributed by atoms with Crippen molar-refractivity contribution in [3.63, 3.8) is 0 Å². The van der Waals surface area contributed by atoms with Crippen LogP contribution in [0.15, 0.2) is 0 Å². The lowest BCUT2D eigenvalue weighted by molar-refractivity contribution is -0.146. The maximum atomic E-state index is 12.4. The highest BCUT2D eigenvalue weighted by Gasteiger charge is 2.42. The smallest absolute Gasteiger partial charge is 0.329 e. The minimum absolute atomic E-state index is 0.215. The summed E-state index contributed by atoms with van der Waals surface area (Å²) in [6, 6.07) is -0.215. The molecule has 1 saturated heterocycles. The number of rotatable bonds is 2. The Hall–Kier alpha value is -0.910. The van der Waals surface area contributed by atoms with Crippen molar-refractivity contribution in [2.45, 2.75) is 62.0 Å². The zero-order chi connectivity index (χ0) is 14.8. The van der Waals surface area contributed by atoms with Gasteiger partial charge in [-0.05, 0) is 12.8 Å². The summed E-state index contributed by atoms with van der Waals surface area (Å²) in [7, 11) is 0. The van der Waals surface area contributed by atoms with E-state index in [1.165, 1.54) is 0 Å². The van der Waals surface area contributed by atoms with Crippen LogP contribution in [-0.2, 0) is 4.79 Å². The second kappa shape index (κ2) is 6.24. The number of amides is 2. The number of urea groups is 1. The minimum Gasteiger partial charge on any atom is -0.480 e. The minimum atomic E-state index is -1.05. The topological polar surface area (TPSA) is 69.6 Å². The first-order chi connectivity index (χ1) is 9.43. The summed E-state index contributed by atoms with van der Waals surface area (Å²) in [5, 5.41) is 13.1. The Kier molecular flexibility index (Phi) is 4.83. The predicted molar refractivity (Wildman–Crippen MR) is 80.1 cm³/mol. The third kappa shape index (κ3) is 3.40. The third-order valence-corrected chi connectivity index (χ3v) is 5.40. The quantitative estimate of drug-likeness (QED) is 0.821. The second-order valence-corrected chi connectivity index (χ2v) is 7.92. The molecule has 2 rings (SSSR count). The molecular formula is C14H24N2O3S. The zero-order valence-corrected chi connectivity index (χ0v) is 13.0. The zero-order valence-electron chi connectivity index (χ0n) is 12.2. The molecule has 20 heavy (non-hydrogen) atoms. The normalized spacial score (nSPS) is 29.8. The van der Waals surface area contributed by atoms with Crippen molar-refractivity contribution in [3.8, 4) is 0 Å². The molecule has 0 radical (unpaired) electrons. The molecule has 0 aromatic carbocycles. The molecule has 1 saturated carbocycles. The Labute approximate surface area is 124 Å². The number of carboxylic acid groups (broad SMARTS) is 1. The molecule has 0 aromatic rings. The molecule has 0 spiro atoms. The van der Waals surface area contributed by atoms with Crippen molar-refractivity contribution >= 4 is 23.8 Å². The summed E-state index contributed by atoms with van der Waals surface area (Å²) in [6.07, 6.45) is 3.88. The van der Waals surface area contributed by atoms with E-state index in [4.69, 9.17) is 0 Å². The molecule has 0 aromatic heterocycles. The first-order valence-electron chi connectivity index (χ1n) is 7.39. The van der Waals surface area contributed by atoms with Gasteiger partial charge in [0.05, 0.1) is 0 Å². The molecule has 2 atom stereocenters. The maximum Gasteiger partial charge on any atom is 0.329 e. The van der Waals surface area contributed by atoms with Gasteiger partial charge < -0.3 is 15.3 Å². The van der Waals surface area contributed by atoms with E-state index in [2.05, 4.69) is 19.2 Å². The van der Waals surface area contributed by atoms with Crippen LogP contribution in [0.1, 0.15) is 46.0 Å². The molecule has 2 fully saturated rings. The molecule has 0 bridgehead atoms. The van der Waals surface area contributed by atoms with Gasteiger partial charge in [0, 0.05) is 23.6 Å². The SMILES string of the molecule is CC1CN(C(=O)NC2(C(=O)O)CCCCC2)CC(C)S1. The van der Waals surface area contributed by atoms with Gasteiger partial charge in [-0.2, -0.15) is 11.8 Å². The fourth-order valence-corrected chi connectivity index (χ4v) is 4.50. The van der Waals surface area contributed by atoms with Crippen LogP contribution in [0.3, 0.4) is 0 Å². The van der Waals surface area contributed by atoms with Crippen LogP contribution in [0.4, 0.5) is 4.79 Å². The highest BCUT2D eigenvalue weighted by Crippen LogP contribution is 2.30. The van der Waals surface area contributed by atoms with Crippen molar-refractivity contribution in [2.24, 2.45) is 0 Å². The van der Waals surface area contributed by atoms with E-state index in [-0.39, 0.29) is 6.03 Å². The summed E-state index contributed by atoms with van der Waals surface area (Å²) in [4.78, 5) is 25.8. The van der Waals surface area contributed by atoms with E-state index in [1.807, 2.05) is 11.8 Å². The van der Waals surface area contributed by atoms with Crippen molar-refractivity contribution in [1.29, 1.82) is 0 Å². The summed E-state index contributed by atoms with van der Waals surface area (Å²) >= 11 is 1.88. The molecular weight excluding hydrogens is 276 g/mol. The Morgan fingerprint density at radius 3 is 2.20 bits per heavy atom. The lowest BCUT2D eigenvalue weighted by atomic mass is 9.82. The number of hydrogen-bond acceptors (Lipinski definition) is 3. The number of carbonyl (C=O) groups is 2. The van der Waals surface area contributed by atoms with Crippen LogP contribution in [0, 0.1) is 0 Å². The number of nitrogens with one attached hydrogen (secondary N) is 1. The molecule has 2 aliphatic rings. The summed E-state index contributed by atoms with van der Waals surface area (Å²) in [5.74, 6) is -0.891. The van der Waals surface area contributed by atoms with Gasteiger partial charge in [0.15, 0.2) is 0 Å². The average molecular weight is 300 g/mol. The molecule has 5 nitrogen and oxygen atoms in total. The number of carboxylic acids is 1. The first-order valence-corrected chi connectivity index (χ1v) is 8.33. The van der Waals surface area contributed by atoms with E-state index in [1.54, 1.807) is 4.90 Å². The third-order valence-electron chi connectivity index (χ3n) is 4.17. The molecule has 114 valence electrons. The van der Waals surface area contributed by atoms with Crippen LogP contribution >= 0.6 is 11.8 Å². The Bertz CT molecular complexity index is 373. The molecule has 2 N–H and O–H groups in total. The molecule has 1 aliphatic heterocycles. The number of thioether (sulfide) groups is 1. The lowest BCUT2D eigenvalue weighted by Crippen LogP contribution is -2.60. The van der Waals surface area contributed by atoms with E-state index >= 15 is 0 Å². The maximum absolute atomic E-state index is 12.4. The fraction of sp³-hybridized carbons (Fsp3) is 0.857. The van der Waals surface area contributed by atoms with E-state index in [9.17, 15) is 14.7 Å². The van der Waals surface area contributed by atoms with E-state index < -0.39 is 11.5 Å². The average Bonchev–Trinajstić information content (AvgIpc) is 2.38. The number of nitrogens with zero attached hydrogens (tertiary/aromatic N) is 1. The Morgan fingerprint density at radius 1 is 1.15 bits per heavy atom. The number of aliphatic carboxylic acids is 1. The van der Waals surface area contributed by atoms with Gasteiger partial charge in [0.25, 0.3) is 0 Å². The van der Waals surface area contributed by atoms with Gasteiger partial charge in [-0.25, -0.2) is 9.59 Å². The van der Waals surface area contributed by atoms with Gasteiger partial charge in [-0.1, -0.05) is 33.1 Å². The number of carbonyl (C=O) groups excluding carboxylic acids is 1. The monoisotopic (exact) mass is 300 g/mol. The van der Waals surface area contributed by atoms with Crippen molar-refractivity contribution in [3.05, 3.63) is 0 Å². The molecule has 2 amide bonds. The van der Waals surface area contributed by atoms with Gasteiger partial charge in [0.1, 0.15) is 5.54 Å². The summed E-state index contributed by atoms with van der Waals surface area (Å²) < 4.78 is 0. The van der Waals surface area contributed by atoms with Crippen LogP contribution in [-0.4, -0.2) is 51.1 Å². The van der Waals surface area contributed by atoms with Gasteiger partial charge in [-0.3, -0.25) is 0 Å². The fourth-order valence-electron chi connectivity index (χ4n) is 3.18. The van der Waals surface area contributed by atoms with Crippen LogP contribution in [0.25, 0.3) is 0 Å². The largest absolute Gasteiger partial charge is 0.480 e. The number of hydrogen-bond donors (Lipinski definition) is 2. The Balaban J connectivity index is 2.03. The van der Waals surface area contributed by atoms with E-state index in [0.717, 1.165) is 19.3 Å². The molecule has 1 aliphatic carbocycles. The first kappa shape index (κ1) is 15.5. The second-order valence-electron chi connectivity index (χ2n) is 6.04. The van der Waals surface area contributed by atoms with Crippen LogP contribution < -0.4 is 5.32 Å². The Morgan fingerprint density at radius 2 is 1.70 bits per heavy atom. The van der Waals surface area contributed by atoms with Crippen molar-refractivity contribution in [2.75, 3.05) is 13.1 Å². The molecule has 2 unspecified atom stereocenters. The molecule has 6 heteroatoms. The predicted octanol–water partition coefficient (Wildman–Crippen LogP) is 2.31. The molecule has 1 heterocycles. The van der Waals surface area contributed by atoms with Gasteiger partial charge >= 0.3 is 12.0 Å². The summed E-state index contributed by atoms with van der Waals surface area (Å²) in [5.41, 5.74) is -1.05. The highest BCUT2D eigenvalue weighted by atomic mass is 32.2.